The van der Waals surface area contributed by atoms with Crippen molar-refractivity contribution in [3.63, 3.8) is 0 Å². The fourth-order valence-corrected chi connectivity index (χ4v) is 10.4. The van der Waals surface area contributed by atoms with Gasteiger partial charge >= 0.3 is 6.09 Å². The monoisotopic (exact) mass is 906 g/mol. The van der Waals surface area contributed by atoms with Crippen LogP contribution in [0.15, 0.2) is 30.9 Å². The number of benzene rings is 1. The number of nitrogens with zero attached hydrogens (tertiary/aromatic N) is 2. The van der Waals surface area contributed by atoms with Crippen molar-refractivity contribution in [3.05, 3.63) is 42.0 Å². The topological polar surface area (TPSA) is 194 Å². The normalized spacial score (nSPS) is 28.1. The molecule has 3 heterocycles. The van der Waals surface area contributed by atoms with Crippen LogP contribution in [0.1, 0.15) is 137 Å². The minimum atomic E-state index is -4.02. The molecule has 4 fully saturated rings. The van der Waals surface area contributed by atoms with Crippen molar-refractivity contribution in [3.8, 4) is 11.6 Å². The zero-order valence-corrected chi connectivity index (χ0v) is 39.8. The fourth-order valence-electron chi connectivity index (χ4n) is 9.06. The second kappa shape index (κ2) is 18.4. The van der Waals surface area contributed by atoms with E-state index in [2.05, 4.69) is 73.1 Å². The Morgan fingerprint density at radius 2 is 1.84 bits per heavy atom. The number of alkyl carbamates (subject to hydrolysis) is 1. The summed E-state index contributed by atoms with van der Waals surface area (Å²) in [6, 6.07) is 4.34. The summed E-state index contributed by atoms with van der Waals surface area (Å²) in [5.41, 5.74) is 0.256. The molecule has 0 radical (unpaired) electrons. The molecule has 3 saturated carbocycles. The lowest BCUT2D eigenvalue weighted by molar-refractivity contribution is -0.142. The van der Waals surface area contributed by atoms with Gasteiger partial charge in [0.15, 0.2) is 0 Å². The minimum Gasteiger partial charge on any atom is -0.492 e. The Labute approximate surface area is 379 Å². The second-order valence-corrected chi connectivity index (χ2v) is 23.0. The molecule has 3 aliphatic carbocycles. The molecule has 16 heteroatoms. The van der Waals surface area contributed by atoms with Crippen LogP contribution in [0, 0.1) is 17.3 Å². The highest BCUT2D eigenvalue weighted by atomic mass is 32.2. The van der Waals surface area contributed by atoms with Crippen LogP contribution >= 0.6 is 0 Å². The van der Waals surface area contributed by atoms with Crippen LogP contribution in [0.25, 0.3) is 10.9 Å². The molecule has 2 aliphatic heterocycles. The molecule has 2 bridgehead atoms. The van der Waals surface area contributed by atoms with Crippen molar-refractivity contribution >= 4 is 44.7 Å². The zero-order valence-electron chi connectivity index (χ0n) is 39.0. The van der Waals surface area contributed by atoms with E-state index in [-0.39, 0.29) is 37.3 Å². The number of carbonyl (C=O) groups is 4. The summed E-state index contributed by atoms with van der Waals surface area (Å²) >= 11 is 0. The molecule has 1 saturated heterocycles. The van der Waals surface area contributed by atoms with Gasteiger partial charge < -0.3 is 35.1 Å². The van der Waals surface area contributed by atoms with Crippen molar-refractivity contribution in [1.29, 1.82) is 0 Å². The lowest BCUT2D eigenvalue weighted by Crippen LogP contribution is -2.60. The van der Waals surface area contributed by atoms with E-state index in [1.54, 1.807) is 6.92 Å². The number of rotatable bonds is 13. The first-order valence-corrected chi connectivity index (χ1v) is 24.9. The van der Waals surface area contributed by atoms with Crippen LogP contribution in [0.3, 0.4) is 0 Å². The number of aromatic nitrogens is 1. The Kier molecular flexibility index (Phi) is 13.7. The van der Waals surface area contributed by atoms with E-state index in [4.69, 9.17) is 19.2 Å². The number of hydrogen-bond donors (Lipinski definition) is 4. The highest BCUT2D eigenvalue weighted by Crippen LogP contribution is 2.47. The van der Waals surface area contributed by atoms with E-state index in [0.29, 0.717) is 49.1 Å². The first-order valence-electron chi connectivity index (χ1n) is 23.4. The molecule has 15 nitrogen and oxygen atoms in total. The average molecular weight is 907 g/mol. The third-order valence-corrected chi connectivity index (χ3v) is 16.0. The molecule has 0 unspecified atom stereocenters. The van der Waals surface area contributed by atoms with Crippen LogP contribution in [0.4, 0.5) is 4.79 Å². The molecular weight excluding hydrogens is 837 g/mol. The van der Waals surface area contributed by atoms with Crippen LogP contribution in [0.5, 0.6) is 11.6 Å². The number of pyridine rings is 1. The standard InChI is InChI=1S/C48H70N6O9S/c1-10-32-26-48(32,44(57)53-64(59,60)47(9)19-20-47)52-41(55)37-25-33-27-54(37)43(56)40(46(6,7)8)51-45(58)63-38-24-31(38)15-12-11-13-16-35-39(61-22-14-21-49-29(4)5)34-18-17-30(28(2)3)23-36(34)50-42(35)62-33/h10,17-18,23,28-29,31-33,37-38,40,49H,1,11-16,19-22,24-27H2,2-9H3,(H,51,58)(H,52,55)(H,53,57)/t31-,32-,33-,37+,38-,40-,48-/m1/s1. The van der Waals surface area contributed by atoms with Gasteiger partial charge in [-0.1, -0.05) is 73.5 Å². The number of carbonyl (C=O) groups excluding carboxylic acids is 4. The first kappa shape index (κ1) is 47.5. The smallest absolute Gasteiger partial charge is 0.408 e. The minimum absolute atomic E-state index is 0.0255. The van der Waals surface area contributed by atoms with Gasteiger partial charge in [0.1, 0.15) is 35.6 Å². The average Bonchev–Trinajstić information content (AvgIpc) is 4.18. The second-order valence-electron chi connectivity index (χ2n) is 20.8. The van der Waals surface area contributed by atoms with Gasteiger partial charge in [0.05, 0.1) is 29.0 Å². The van der Waals surface area contributed by atoms with Crippen LogP contribution in [-0.2, 0) is 35.6 Å². The van der Waals surface area contributed by atoms with Gasteiger partial charge in [-0.25, -0.2) is 18.2 Å². The Morgan fingerprint density at radius 1 is 1.09 bits per heavy atom. The SMILES string of the molecule is C=C[C@@H]1C[C@]1(NC(=O)[C@@H]1C[C@@H]2CN1C(=O)[C@H](C(C)(C)C)NC(=O)O[C@@H]1C[C@H]1CCCCCc1c(nc3cc(C(C)C)ccc3c1OCCCNC(C)C)O2)C(=O)NS(=O)(=O)C1(C)CC1. The molecule has 64 heavy (non-hydrogen) atoms. The third kappa shape index (κ3) is 10.3. The summed E-state index contributed by atoms with van der Waals surface area (Å²) in [5, 5.41) is 10.1. The van der Waals surface area contributed by atoms with E-state index in [1.807, 2.05) is 20.8 Å². The van der Waals surface area contributed by atoms with E-state index in [1.165, 1.54) is 11.0 Å². The predicted octanol–water partition coefficient (Wildman–Crippen LogP) is 6.18. The molecular formula is C48H70N6O9S. The van der Waals surface area contributed by atoms with Crippen LogP contribution in [0.2, 0.25) is 0 Å². The summed E-state index contributed by atoms with van der Waals surface area (Å²) in [6.07, 6.45) is 6.64. The summed E-state index contributed by atoms with van der Waals surface area (Å²) < 4.78 is 47.0. The van der Waals surface area contributed by atoms with Gasteiger partial charge in [-0.2, -0.15) is 0 Å². The van der Waals surface area contributed by atoms with Crippen LogP contribution < -0.4 is 30.1 Å². The number of sulfonamides is 1. The summed E-state index contributed by atoms with van der Waals surface area (Å²) in [5.74, 6) is -0.972. The molecule has 2 aromatic rings. The number of hydrogen-bond acceptors (Lipinski definition) is 11. The van der Waals surface area contributed by atoms with Crippen molar-refractivity contribution in [2.45, 2.75) is 173 Å². The van der Waals surface area contributed by atoms with E-state index >= 15 is 0 Å². The number of amides is 4. The Balaban J connectivity index is 1.26. The summed E-state index contributed by atoms with van der Waals surface area (Å²) in [7, 11) is -4.02. The quantitative estimate of drug-likeness (QED) is 0.133. The molecule has 4 N–H and O–H groups in total. The summed E-state index contributed by atoms with van der Waals surface area (Å²) in [4.78, 5) is 63.5. The largest absolute Gasteiger partial charge is 0.492 e. The van der Waals surface area contributed by atoms with Gasteiger partial charge in [0.2, 0.25) is 27.7 Å². The van der Waals surface area contributed by atoms with Gasteiger partial charge in [0.25, 0.3) is 5.91 Å². The van der Waals surface area contributed by atoms with Gasteiger partial charge in [-0.3, -0.25) is 19.1 Å². The fraction of sp³-hybridized carbons (Fsp3) is 0.688. The van der Waals surface area contributed by atoms with Crippen molar-refractivity contribution in [1.82, 2.24) is 30.6 Å². The maximum Gasteiger partial charge on any atom is 0.408 e. The third-order valence-electron chi connectivity index (χ3n) is 13.8. The highest BCUT2D eigenvalue weighted by molar-refractivity contribution is 7.91. The van der Waals surface area contributed by atoms with Crippen molar-refractivity contribution in [2.75, 3.05) is 19.7 Å². The molecule has 352 valence electrons. The Hall–Kier alpha value is -4.44. The van der Waals surface area contributed by atoms with E-state index in [9.17, 15) is 27.6 Å². The van der Waals surface area contributed by atoms with E-state index < -0.39 is 73.6 Å². The first-order chi connectivity index (χ1) is 30.2. The number of ether oxygens (including phenoxy) is 3. The van der Waals surface area contributed by atoms with E-state index in [0.717, 1.165) is 61.6 Å². The maximum absolute atomic E-state index is 14.9. The van der Waals surface area contributed by atoms with Gasteiger partial charge in [-0.05, 0) is 99.8 Å². The Bertz CT molecular complexity index is 2240. The molecule has 7 atom stereocenters. The lowest BCUT2D eigenvalue weighted by atomic mass is 9.85. The molecule has 4 amide bonds. The lowest BCUT2D eigenvalue weighted by Gasteiger charge is -2.35. The van der Waals surface area contributed by atoms with Gasteiger partial charge in [-0.15, -0.1) is 6.58 Å². The molecule has 0 spiro atoms. The number of fused-ring (bicyclic) bond motifs is 5. The van der Waals surface area contributed by atoms with Crippen LogP contribution in [-0.4, -0.2) is 102 Å². The molecule has 1 aromatic carbocycles. The zero-order chi connectivity index (χ0) is 46.4. The summed E-state index contributed by atoms with van der Waals surface area (Å²) in [6.45, 7) is 20.6. The Morgan fingerprint density at radius 3 is 2.50 bits per heavy atom. The highest BCUT2D eigenvalue weighted by Gasteiger charge is 2.63. The number of nitrogens with one attached hydrogen (secondary N) is 4. The molecule has 7 rings (SSSR count). The predicted molar refractivity (Wildman–Crippen MR) is 244 cm³/mol. The van der Waals surface area contributed by atoms with Crippen molar-refractivity contribution in [2.24, 2.45) is 17.3 Å². The maximum atomic E-state index is 14.9. The molecule has 5 aliphatic rings. The van der Waals surface area contributed by atoms with Crippen molar-refractivity contribution < 1.29 is 41.8 Å². The molecule has 1 aromatic heterocycles. The van der Waals surface area contributed by atoms with Gasteiger partial charge in [0, 0.05) is 23.8 Å².